The standard InChI is InChI=1S/C10H7N3.C10H8.C9H8N2O.C8H6N2.4C2H6/c1-2-4-9-8(3-1)7-12-10-11-5-6-13(9)10;1-2-6-10-8-4-3-7-9(10)5-1;1-11-9(12)8-5-3-2-4-7(8)6-10-11;1-2-4-8-7(3-1)9-5-6-10-8;4*1-2/h1-7H;1-8H;2-6H,1H3;1-6H;4*1-2H3. The third kappa shape index (κ3) is 12.5. The van der Waals surface area contributed by atoms with Gasteiger partial charge in [0.15, 0.2) is 0 Å². The first-order valence-corrected chi connectivity index (χ1v) is 18.3. The highest BCUT2D eigenvalue weighted by molar-refractivity contribution is 5.82. The molecule has 0 aliphatic heterocycles. The molecule has 0 radical (unpaired) electrons. The molecule has 5 aromatic carbocycles. The van der Waals surface area contributed by atoms with Crippen molar-refractivity contribution in [3.05, 3.63) is 169 Å². The predicted molar refractivity (Wildman–Crippen MR) is 226 cm³/mol. The summed E-state index contributed by atoms with van der Waals surface area (Å²) in [4.78, 5) is 28.0. The largest absolute Gasteiger partial charge is 0.284 e. The van der Waals surface area contributed by atoms with E-state index < -0.39 is 0 Å². The molecule has 0 bridgehead atoms. The van der Waals surface area contributed by atoms with E-state index in [1.54, 1.807) is 37.9 Å². The zero-order valence-corrected chi connectivity index (χ0v) is 32.5. The van der Waals surface area contributed by atoms with E-state index in [4.69, 9.17) is 0 Å². The van der Waals surface area contributed by atoms with Crippen LogP contribution in [-0.4, -0.2) is 34.1 Å². The van der Waals surface area contributed by atoms with Gasteiger partial charge in [-0.25, -0.2) is 14.6 Å². The lowest BCUT2D eigenvalue weighted by Gasteiger charge is -1.98. The molecule has 0 unspecified atom stereocenters. The lowest BCUT2D eigenvalue weighted by atomic mass is 10.1. The number of fused-ring (bicyclic) bond motifs is 6. The Morgan fingerprint density at radius 2 is 0.906 bits per heavy atom. The first kappa shape index (κ1) is 42.9. The lowest BCUT2D eigenvalue weighted by Crippen LogP contribution is -2.18. The SMILES string of the molecule is CC.CC.CC.CC.Cn1ncc2ccccc2c1=O.c1ccc2c(c1)cnc1nccn12.c1ccc2ccccc2c1.c1ccc2nccnc2c1. The van der Waals surface area contributed by atoms with Crippen molar-refractivity contribution in [2.45, 2.75) is 55.4 Å². The third-order valence-electron chi connectivity index (χ3n) is 7.03. The Labute approximate surface area is 313 Å². The summed E-state index contributed by atoms with van der Waals surface area (Å²) >= 11 is 0. The van der Waals surface area contributed by atoms with Gasteiger partial charge in [-0.3, -0.25) is 19.2 Å². The number of hydrogen-bond acceptors (Lipinski definition) is 6. The average molecular weight is 708 g/mol. The molecular weight excluding hydrogens is 655 g/mol. The Balaban J connectivity index is 0.000000231. The molecule has 8 heteroatoms. The van der Waals surface area contributed by atoms with Crippen LogP contribution >= 0.6 is 0 Å². The Morgan fingerprint density at radius 3 is 1.45 bits per heavy atom. The van der Waals surface area contributed by atoms with Gasteiger partial charge in [-0.2, -0.15) is 5.10 Å². The Morgan fingerprint density at radius 1 is 0.453 bits per heavy atom. The third-order valence-corrected chi connectivity index (χ3v) is 7.03. The van der Waals surface area contributed by atoms with E-state index in [1.807, 2.05) is 133 Å². The highest BCUT2D eigenvalue weighted by Crippen LogP contribution is 2.13. The van der Waals surface area contributed by atoms with E-state index in [9.17, 15) is 4.79 Å². The summed E-state index contributed by atoms with van der Waals surface area (Å²) in [6.45, 7) is 16.0. The van der Waals surface area contributed by atoms with Crippen LogP contribution in [0.3, 0.4) is 0 Å². The quantitative estimate of drug-likeness (QED) is 0.156. The molecule has 0 spiro atoms. The molecule has 0 atom stereocenters. The Bertz CT molecular complexity index is 2200. The molecule has 9 rings (SSSR count). The van der Waals surface area contributed by atoms with Gasteiger partial charge in [-0.15, -0.1) is 0 Å². The molecule has 0 aliphatic carbocycles. The van der Waals surface area contributed by atoms with Crippen molar-refractivity contribution in [3.8, 4) is 0 Å². The normalized spacial score (nSPS) is 9.30. The molecule has 4 heterocycles. The van der Waals surface area contributed by atoms with Crippen LogP contribution in [0.15, 0.2) is 163 Å². The molecule has 0 N–H and O–H groups in total. The molecule has 0 amide bonds. The highest BCUT2D eigenvalue weighted by atomic mass is 16.1. The summed E-state index contributed by atoms with van der Waals surface area (Å²) in [5.41, 5.74) is 2.99. The Kier molecular flexibility index (Phi) is 20.1. The van der Waals surface area contributed by atoms with Gasteiger partial charge in [-0.05, 0) is 35.0 Å². The summed E-state index contributed by atoms with van der Waals surface area (Å²) in [5, 5.41) is 9.27. The van der Waals surface area contributed by atoms with Gasteiger partial charge in [0.1, 0.15) is 0 Å². The van der Waals surface area contributed by atoms with Crippen molar-refractivity contribution in [2.75, 3.05) is 0 Å². The van der Waals surface area contributed by atoms with Gasteiger partial charge in [0, 0.05) is 48.8 Å². The van der Waals surface area contributed by atoms with Gasteiger partial charge < -0.3 is 0 Å². The zero-order chi connectivity index (χ0) is 38.8. The van der Waals surface area contributed by atoms with Crippen LogP contribution in [0.25, 0.3) is 49.3 Å². The average Bonchev–Trinajstić information content (AvgIpc) is 3.76. The minimum absolute atomic E-state index is 0.0481. The number of imidazole rings is 1. The van der Waals surface area contributed by atoms with Crippen LogP contribution in [0, 0.1) is 0 Å². The number of benzene rings is 5. The summed E-state index contributed by atoms with van der Waals surface area (Å²) in [6, 6.07) is 40.1. The molecule has 0 saturated heterocycles. The summed E-state index contributed by atoms with van der Waals surface area (Å²) in [7, 11) is 1.65. The molecule has 0 saturated carbocycles. The summed E-state index contributed by atoms with van der Waals surface area (Å²) in [5.74, 6) is 0.749. The molecule has 8 nitrogen and oxygen atoms in total. The van der Waals surface area contributed by atoms with Gasteiger partial charge in [0.25, 0.3) is 5.56 Å². The second-order valence-electron chi connectivity index (χ2n) is 9.97. The number of nitrogens with zero attached hydrogens (tertiary/aromatic N) is 7. The maximum absolute atomic E-state index is 11.4. The topological polar surface area (TPSA) is 90.9 Å². The number of rotatable bonds is 0. The van der Waals surface area contributed by atoms with E-state index in [2.05, 4.69) is 79.6 Å². The smallest absolute Gasteiger partial charge is 0.274 e. The van der Waals surface area contributed by atoms with Gasteiger partial charge in [0.05, 0.1) is 28.1 Å². The number of aromatic nitrogens is 7. The van der Waals surface area contributed by atoms with Crippen LogP contribution in [0.5, 0.6) is 0 Å². The minimum atomic E-state index is -0.0481. The van der Waals surface area contributed by atoms with Crippen LogP contribution in [0.2, 0.25) is 0 Å². The number of aryl methyl sites for hydroxylation is 1. The maximum Gasteiger partial charge on any atom is 0.274 e. The molecule has 0 fully saturated rings. The molecule has 0 aliphatic rings. The van der Waals surface area contributed by atoms with E-state index in [1.165, 1.54) is 15.5 Å². The van der Waals surface area contributed by atoms with E-state index in [0.29, 0.717) is 0 Å². The molecular formula is C45H53N7O. The number of hydrogen-bond donors (Lipinski definition) is 0. The number of para-hydroxylation sites is 3. The van der Waals surface area contributed by atoms with Gasteiger partial charge >= 0.3 is 0 Å². The van der Waals surface area contributed by atoms with Gasteiger partial charge in [-0.1, -0.05) is 152 Å². The molecule has 53 heavy (non-hydrogen) atoms. The van der Waals surface area contributed by atoms with E-state index >= 15 is 0 Å². The fourth-order valence-electron chi connectivity index (χ4n) is 4.75. The van der Waals surface area contributed by atoms with Crippen LogP contribution in [-0.2, 0) is 7.05 Å². The molecule has 4 aromatic heterocycles. The molecule has 9 aromatic rings. The van der Waals surface area contributed by atoms with E-state index in [0.717, 1.165) is 38.5 Å². The summed E-state index contributed by atoms with van der Waals surface area (Å²) < 4.78 is 3.32. The Hall–Kier alpha value is -6.28. The monoisotopic (exact) mass is 707 g/mol. The van der Waals surface area contributed by atoms with Crippen LogP contribution in [0.1, 0.15) is 55.4 Å². The van der Waals surface area contributed by atoms with Crippen LogP contribution in [0.4, 0.5) is 0 Å². The van der Waals surface area contributed by atoms with Crippen molar-refractivity contribution in [1.82, 2.24) is 34.1 Å². The highest BCUT2D eigenvalue weighted by Gasteiger charge is 1.99. The fourth-order valence-corrected chi connectivity index (χ4v) is 4.75. The first-order valence-electron chi connectivity index (χ1n) is 18.3. The van der Waals surface area contributed by atoms with Crippen LogP contribution < -0.4 is 5.56 Å². The van der Waals surface area contributed by atoms with Crippen molar-refractivity contribution in [1.29, 1.82) is 0 Å². The van der Waals surface area contributed by atoms with Crippen molar-refractivity contribution >= 4 is 49.3 Å². The minimum Gasteiger partial charge on any atom is -0.284 e. The van der Waals surface area contributed by atoms with E-state index in [-0.39, 0.29) is 5.56 Å². The van der Waals surface area contributed by atoms with Crippen molar-refractivity contribution in [3.63, 3.8) is 0 Å². The molecule has 274 valence electrons. The first-order chi connectivity index (χ1) is 26.2. The maximum atomic E-state index is 11.4. The zero-order valence-electron chi connectivity index (χ0n) is 32.5. The van der Waals surface area contributed by atoms with Gasteiger partial charge in [0.2, 0.25) is 5.78 Å². The lowest BCUT2D eigenvalue weighted by molar-refractivity contribution is 0.718. The fraction of sp³-hybridized carbons (Fsp3) is 0.200. The second kappa shape index (κ2) is 24.8. The van der Waals surface area contributed by atoms with Crippen molar-refractivity contribution in [2.24, 2.45) is 7.05 Å². The summed E-state index contributed by atoms with van der Waals surface area (Å²) in [6.07, 6.45) is 10.6. The second-order valence-corrected chi connectivity index (χ2v) is 9.97. The predicted octanol–water partition coefficient (Wildman–Crippen LogP) is 11.4. The van der Waals surface area contributed by atoms with Crippen molar-refractivity contribution < 1.29 is 0 Å².